The molecule has 32 heavy (non-hydrogen) atoms. The van der Waals surface area contributed by atoms with Gasteiger partial charge in [0.2, 0.25) is 15.9 Å². The number of carbonyl (C=O) groups excluding carboxylic acids is 1. The third-order valence-corrected chi connectivity index (χ3v) is 8.37. The van der Waals surface area contributed by atoms with Crippen molar-refractivity contribution in [3.05, 3.63) is 71.0 Å². The van der Waals surface area contributed by atoms with Crippen molar-refractivity contribution in [2.24, 2.45) is 5.92 Å². The third-order valence-electron chi connectivity index (χ3n) is 6.55. The Morgan fingerprint density at radius 1 is 1.00 bits per heavy atom. The Bertz CT molecular complexity index is 1040. The first kappa shape index (κ1) is 22.9. The number of piperidine rings is 1. The molecule has 2 aromatic rings. The molecule has 2 aliphatic rings. The van der Waals surface area contributed by atoms with Crippen LogP contribution < -0.4 is 0 Å². The Labute approximate surface area is 190 Å². The number of carbonyl (C=O) groups is 1. The molecule has 0 N–H and O–H groups in total. The van der Waals surface area contributed by atoms with E-state index in [4.69, 9.17) is 0 Å². The van der Waals surface area contributed by atoms with E-state index in [1.54, 1.807) is 23.4 Å². The van der Waals surface area contributed by atoms with Gasteiger partial charge in [-0.1, -0.05) is 42.5 Å². The predicted octanol–water partition coefficient (Wildman–Crippen LogP) is 4.12. The van der Waals surface area contributed by atoms with Gasteiger partial charge in [0.15, 0.2) is 0 Å². The van der Waals surface area contributed by atoms with Crippen LogP contribution in [0.25, 0.3) is 0 Å². The summed E-state index contributed by atoms with van der Waals surface area (Å²) in [5.41, 5.74) is 2.40. The van der Waals surface area contributed by atoms with E-state index >= 15 is 0 Å². The van der Waals surface area contributed by atoms with E-state index in [0.29, 0.717) is 12.5 Å². The van der Waals surface area contributed by atoms with Crippen LogP contribution in [0.2, 0.25) is 0 Å². The Hall–Kier alpha value is -2.25. The van der Waals surface area contributed by atoms with Gasteiger partial charge >= 0.3 is 0 Å². The topological polar surface area (TPSA) is 57.7 Å². The van der Waals surface area contributed by atoms with Crippen molar-refractivity contribution in [3.8, 4) is 0 Å². The molecular weight excluding hydrogens is 427 g/mol. The number of benzene rings is 2. The zero-order valence-electron chi connectivity index (χ0n) is 18.5. The maximum absolute atomic E-state index is 14.0. The molecule has 1 amide bonds. The minimum Gasteiger partial charge on any atom is -0.343 e. The quantitative estimate of drug-likeness (QED) is 0.598. The summed E-state index contributed by atoms with van der Waals surface area (Å²) in [5, 5.41) is 0. The van der Waals surface area contributed by atoms with Crippen molar-refractivity contribution < 1.29 is 17.6 Å². The van der Waals surface area contributed by atoms with Crippen LogP contribution in [-0.2, 0) is 33.5 Å². The van der Waals surface area contributed by atoms with Crippen molar-refractivity contribution in [1.82, 2.24) is 9.21 Å². The lowest BCUT2D eigenvalue weighted by Crippen LogP contribution is -2.37. The summed E-state index contributed by atoms with van der Waals surface area (Å²) in [6.07, 6.45) is 4.72. The van der Waals surface area contributed by atoms with Gasteiger partial charge in [-0.15, -0.1) is 0 Å². The maximum Gasteiger partial charge on any atom is 0.219 e. The third kappa shape index (κ3) is 5.75. The van der Waals surface area contributed by atoms with Gasteiger partial charge in [0.25, 0.3) is 0 Å². The maximum atomic E-state index is 14.0. The number of likely N-dealkylation sites (tertiary alicyclic amines) is 1. The standard InChI is InChI=1S/C25H31FN2O3S/c1-19(29)27-14-12-21(13-15-27)16-20-6-8-22(9-7-20)17-28(24-10-11-24)32(30,31)18-23-4-2-3-5-25(23)26/h2-9,21,24H,10-18H2,1H3. The average molecular weight is 459 g/mol. The molecule has 2 aromatic carbocycles. The molecule has 4 rings (SSSR count). The highest BCUT2D eigenvalue weighted by molar-refractivity contribution is 7.88. The van der Waals surface area contributed by atoms with Crippen LogP contribution in [0.15, 0.2) is 48.5 Å². The van der Waals surface area contributed by atoms with Gasteiger partial charge in [0.05, 0.1) is 5.75 Å². The van der Waals surface area contributed by atoms with Gasteiger partial charge in [-0.05, 0) is 55.2 Å². The molecular formula is C25H31FN2O3S. The van der Waals surface area contributed by atoms with Gasteiger partial charge in [0.1, 0.15) is 5.82 Å². The fraction of sp³-hybridized carbons (Fsp3) is 0.480. The number of hydrogen-bond acceptors (Lipinski definition) is 3. The van der Waals surface area contributed by atoms with Crippen LogP contribution in [0.1, 0.15) is 49.3 Å². The second kappa shape index (κ2) is 9.71. The molecule has 0 unspecified atom stereocenters. The minimum absolute atomic E-state index is 0.0120. The van der Waals surface area contributed by atoms with Crippen LogP contribution >= 0.6 is 0 Å². The minimum atomic E-state index is -3.62. The van der Waals surface area contributed by atoms with Crippen molar-refractivity contribution >= 4 is 15.9 Å². The Balaban J connectivity index is 1.38. The number of sulfonamides is 1. The van der Waals surface area contributed by atoms with Crippen LogP contribution in [0, 0.1) is 11.7 Å². The molecule has 5 nitrogen and oxygen atoms in total. The highest BCUT2D eigenvalue weighted by Crippen LogP contribution is 2.32. The van der Waals surface area contributed by atoms with Crippen LogP contribution in [0.4, 0.5) is 4.39 Å². The van der Waals surface area contributed by atoms with Gasteiger partial charge in [-0.25, -0.2) is 12.8 Å². The lowest BCUT2D eigenvalue weighted by Gasteiger charge is -2.31. The lowest BCUT2D eigenvalue weighted by atomic mass is 9.90. The molecule has 1 aliphatic heterocycles. The van der Waals surface area contributed by atoms with Crippen molar-refractivity contribution in [3.63, 3.8) is 0 Å². The summed E-state index contributed by atoms with van der Waals surface area (Å²) in [6, 6.07) is 14.3. The molecule has 1 saturated carbocycles. The van der Waals surface area contributed by atoms with E-state index in [2.05, 4.69) is 12.1 Å². The molecule has 2 fully saturated rings. The van der Waals surface area contributed by atoms with Crippen molar-refractivity contribution in [2.45, 2.75) is 57.4 Å². The molecule has 1 aliphatic carbocycles. The fourth-order valence-corrected chi connectivity index (χ4v) is 6.26. The largest absolute Gasteiger partial charge is 0.343 e. The molecule has 1 heterocycles. The molecule has 0 radical (unpaired) electrons. The molecule has 0 atom stereocenters. The monoisotopic (exact) mass is 458 g/mol. The summed E-state index contributed by atoms with van der Waals surface area (Å²) in [5.74, 6) is -0.0726. The van der Waals surface area contributed by atoms with E-state index in [0.717, 1.165) is 50.8 Å². The van der Waals surface area contributed by atoms with E-state index in [-0.39, 0.29) is 23.3 Å². The SMILES string of the molecule is CC(=O)N1CCC(Cc2ccc(CN(C3CC3)S(=O)(=O)Cc3ccccc3F)cc2)CC1. The molecule has 0 bridgehead atoms. The van der Waals surface area contributed by atoms with Crippen molar-refractivity contribution in [1.29, 1.82) is 0 Å². The smallest absolute Gasteiger partial charge is 0.219 e. The van der Waals surface area contributed by atoms with Crippen LogP contribution in [-0.4, -0.2) is 42.7 Å². The van der Waals surface area contributed by atoms with Crippen molar-refractivity contribution in [2.75, 3.05) is 13.1 Å². The zero-order chi connectivity index (χ0) is 22.7. The highest BCUT2D eigenvalue weighted by Gasteiger charge is 2.37. The average Bonchev–Trinajstić information content (AvgIpc) is 3.60. The summed E-state index contributed by atoms with van der Waals surface area (Å²) in [6.45, 7) is 3.60. The van der Waals surface area contributed by atoms with Gasteiger partial charge in [-0.3, -0.25) is 4.79 Å². The van der Waals surface area contributed by atoms with Gasteiger partial charge in [0, 0.05) is 38.2 Å². The number of rotatable bonds is 8. The zero-order valence-corrected chi connectivity index (χ0v) is 19.4. The molecule has 172 valence electrons. The Morgan fingerprint density at radius 2 is 1.62 bits per heavy atom. The van der Waals surface area contributed by atoms with E-state index in [1.165, 1.54) is 17.7 Å². The summed E-state index contributed by atoms with van der Waals surface area (Å²) < 4.78 is 41.7. The summed E-state index contributed by atoms with van der Waals surface area (Å²) in [4.78, 5) is 13.4. The van der Waals surface area contributed by atoms with Gasteiger partial charge < -0.3 is 4.90 Å². The predicted molar refractivity (Wildman–Crippen MR) is 123 cm³/mol. The summed E-state index contributed by atoms with van der Waals surface area (Å²) >= 11 is 0. The first-order valence-corrected chi connectivity index (χ1v) is 13.0. The second-order valence-corrected chi connectivity index (χ2v) is 11.0. The number of nitrogens with zero attached hydrogens (tertiary/aromatic N) is 2. The Kier molecular flexibility index (Phi) is 6.96. The Morgan fingerprint density at radius 3 is 2.22 bits per heavy atom. The highest BCUT2D eigenvalue weighted by atomic mass is 32.2. The first-order chi connectivity index (χ1) is 15.3. The normalized spacial score (nSPS) is 17.7. The van der Waals surface area contributed by atoms with E-state index < -0.39 is 15.8 Å². The van der Waals surface area contributed by atoms with Gasteiger partial charge in [-0.2, -0.15) is 4.31 Å². The van der Waals surface area contributed by atoms with Crippen LogP contribution in [0.5, 0.6) is 0 Å². The fourth-order valence-electron chi connectivity index (χ4n) is 4.46. The van der Waals surface area contributed by atoms with Crippen LogP contribution in [0.3, 0.4) is 0 Å². The first-order valence-electron chi connectivity index (χ1n) is 11.4. The molecule has 0 spiro atoms. The molecule has 7 heteroatoms. The number of halogens is 1. The molecule has 1 saturated heterocycles. The van der Waals surface area contributed by atoms with E-state index in [1.807, 2.05) is 17.0 Å². The molecule has 0 aromatic heterocycles. The second-order valence-electron chi connectivity index (χ2n) is 9.09. The van der Waals surface area contributed by atoms with E-state index in [9.17, 15) is 17.6 Å². The number of amides is 1. The number of hydrogen-bond donors (Lipinski definition) is 0. The summed E-state index contributed by atoms with van der Waals surface area (Å²) in [7, 11) is -3.62. The lowest BCUT2D eigenvalue weighted by molar-refractivity contribution is -0.130.